The van der Waals surface area contributed by atoms with E-state index < -0.39 is 0 Å². The van der Waals surface area contributed by atoms with Gasteiger partial charge in [-0.1, -0.05) is 0 Å². The molecule has 0 spiro atoms. The number of pyridine rings is 2. The van der Waals surface area contributed by atoms with Gasteiger partial charge in [-0.05, 0) is 19.1 Å². The van der Waals surface area contributed by atoms with E-state index in [9.17, 15) is 0 Å². The summed E-state index contributed by atoms with van der Waals surface area (Å²) in [7, 11) is 0. The van der Waals surface area contributed by atoms with Crippen LogP contribution in [-0.2, 0) is 0 Å². The fourth-order valence-corrected chi connectivity index (χ4v) is 4.34. The Kier molecular flexibility index (Phi) is 4.17. The lowest BCUT2D eigenvalue weighted by Crippen LogP contribution is -2.56. The number of H-pyrrole nitrogens is 3. The number of imidazole rings is 2. The molecule has 0 unspecified atom stereocenters. The normalized spacial score (nSPS) is 14.2. The Morgan fingerprint density at radius 2 is 1.94 bits per heavy atom. The number of aryl methyl sites for hydroxylation is 1. The second-order valence-corrected chi connectivity index (χ2v) is 8.65. The molecule has 1 aliphatic rings. The Hall–Kier alpha value is -4.71. The van der Waals surface area contributed by atoms with Gasteiger partial charge in [0.15, 0.2) is 17.1 Å². The number of aromatic amines is 3. The molecule has 35 heavy (non-hydrogen) atoms. The SMILES string of the molecule is Cc1c[nH]c(-c2ccnc3[nH]c(-c4n[nH]c5ncc(-c6cncc(N7CC(N)C7)n6)cc45)nc23)n1. The zero-order valence-corrected chi connectivity index (χ0v) is 18.7. The lowest BCUT2D eigenvalue weighted by Gasteiger charge is -2.37. The van der Waals surface area contributed by atoms with Crippen molar-refractivity contribution in [3.8, 4) is 34.2 Å². The molecule has 0 bridgehead atoms. The van der Waals surface area contributed by atoms with Gasteiger partial charge in [-0.25, -0.2) is 24.9 Å². The van der Waals surface area contributed by atoms with Gasteiger partial charge in [-0.3, -0.25) is 10.1 Å². The average molecular weight is 464 g/mol. The van der Waals surface area contributed by atoms with Crippen LogP contribution in [0, 0.1) is 6.92 Å². The second kappa shape index (κ2) is 7.40. The summed E-state index contributed by atoms with van der Waals surface area (Å²) >= 11 is 0. The summed E-state index contributed by atoms with van der Waals surface area (Å²) in [4.78, 5) is 36.1. The molecule has 0 radical (unpaired) electrons. The van der Waals surface area contributed by atoms with Crippen LogP contribution in [0.2, 0.25) is 0 Å². The molecule has 1 fully saturated rings. The predicted octanol–water partition coefficient (Wildman–Crippen LogP) is 2.20. The number of nitrogens with zero attached hydrogens (tertiary/aromatic N) is 8. The standard InChI is InChI=1S/C23H20N12/c1-11-5-27-20(29-11)14-2-3-26-22-18(14)31-23(32-22)19-15-4-12(6-28-21(15)34-33-19)16-7-25-8-17(30-16)35-9-13(24)10-35/h2-8,13H,9-10,24H2,1H3,(H,27,29)(H,26,31,32)(H,28,33,34). The quantitative estimate of drug-likeness (QED) is 0.306. The number of anilines is 1. The molecule has 6 aromatic heterocycles. The van der Waals surface area contributed by atoms with Crippen LogP contribution in [0.3, 0.4) is 0 Å². The first-order valence-corrected chi connectivity index (χ1v) is 11.2. The summed E-state index contributed by atoms with van der Waals surface area (Å²) < 4.78 is 0. The van der Waals surface area contributed by atoms with Crippen molar-refractivity contribution in [1.29, 1.82) is 0 Å². The predicted molar refractivity (Wildman–Crippen MR) is 130 cm³/mol. The van der Waals surface area contributed by atoms with E-state index in [4.69, 9.17) is 15.7 Å². The molecular formula is C23H20N12. The van der Waals surface area contributed by atoms with Crippen molar-refractivity contribution in [2.45, 2.75) is 13.0 Å². The van der Waals surface area contributed by atoms with Crippen LogP contribution in [-0.4, -0.2) is 69.2 Å². The molecule has 0 aliphatic carbocycles. The third kappa shape index (κ3) is 3.22. The fraction of sp³-hybridized carbons (Fsp3) is 0.174. The third-order valence-corrected chi connectivity index (χ3v) is 6.14. The van der Waals surface area contributed by atoms with Crippen molar-refractivity contribution in [3.05, 3.63) is 48.8 Å². The van der Waals surface area contributed by atoms with E-state index in [2.05, 4.69) is 45.0 Å². The molecule has 7 rings (SSSR count). The largest absolute Gasteiger partial charge is 0.352 e. The first kappa shape index (κ1) is 19.7. The Bertz CT molecular complexity index is 1700. The molecule has 12 nitrogen and oxygen atoms in total. The Balaban J connectivity index is 1.31. The number of hydrogen-bond acceptors (Lipinski definition) is 9. The zero-order chi connectivity index (χ0) is 23.5. The summed E-state index contributed by atoms with van der Waals surface area (Å²) in [6.07, 6.45) is 8.84. The topological polar surface area (TPSA) is 167 Å². The van der Waals surface area contributed by atoms with Crippen molar-refractivity contribution in [3.63, 3.8) is 0 Å². The van der Waals surface area contributed by atoms with Crippen LogP contribution in [0.1, 0.15) is 5.69 Å². The minimum absolute atomic E-state index is 0.183. The Morgan fingerprint density at radius 1 is 1.03 bits per heavy atom. The van der Waals surface area contributed by atoms with Gasteiger partial charge in [-0.2, -0.15) is 5.10 Å². The second-order valence-electron chi connectivity index (χ2n) is 8.65. The number of rotatable bonds is 4. The maximum absolute atomic E-state index is 5.92. The fourth-order valence-electron chi connectivity index (χ4n) is 4.34. The average Bonchev–Trinajstić information content (AvgIpc) is 3.59. The highest BCUT2D eigenvalue weighted by atomic mass is 15.3. The maximum Gasteiger partial charge on any atom is 0.161 e. The van der Waals surface area contributed by atoms with Gasteiger partial charge in [0.2, 0.25) is 0 Å². The lowest BCUT2D eigenvalue weighted by molar-refractivity contribution is 0.514. The Morgan fingerprint density at radius 3 is 2.77 bits per heavy atom. The molecule has 0 saturated carbocycles. The third-order valence-electron chi connectivity index (χ3n) is 6.14. The molecule has 1 aliphatic heterocycles. The van der Waals surface area contributed by atoms with Crippen molar-refractivity contribution in [2.24, 2.45) is 5.73 Å². The van der Waals surface area contributed by atoms with E-state index in [0.29, 0.717) is 28.3 Å². The molecule has 1 saturated heterocycles. The first-order valence-electron chi connectivity index (χ1n) is 11.2. The molecule has 172 valence electrons. The maximum atomic E-state index is 5.92. The first-order chi connectivity index (χ1) is 17.1. The van der Waals surface area contributed by atoms with Crippen LogP contribution >= 0.6 is 0 Å². The Labute approximate surface area is 198 Å². The lowest BCUT2D eigenvalue weighted by atomic mass is 10.1. The van der Waals surface area contributed by atoms with Crippen molar-refractivity contribution < 1.29 is 0 Å². The molecule has 0 aromatic carbocycles. The van der Waals surface area contributed by atoms with Crippen LogP contribution in [0.15, 0.2) is 43.1 Å². The number of nitrogens with two attached hydrogens (primary N) is 1. The minimum atomic E-state index is 0.183. The van der Waals surface area contributed by atoms with Gasteiger partial charge in [0.1, 0.15) is 22.9 Å². The van der Waals surface area contributed by atoms with E-state index in [0.717, 1.165) is 52.6 Å². The van der Waals surface area contributed by atoms with Gasteiger partial charge in [-0.15, -0.1) is 0 Å². The van der Waals surface area contributed by atoms with Crippen molar-refractivity contribution in [1.82, 2.24) is 50.1 Å². The van der Waals surface area contributed by atoms with E-state index in [1.807, 2.05) is 25.3 Å². The van der Waals surface area contributed by atoms with E-state index in [-0.39, 0.29) is 6.04 Å². The van der Waals surface area contributed by atoms with E-state index in [1.54, 1.807) is 24.8 Å². The summed E-state index contributed by atoms with van der Waals surface area (Å²) in [5.74, 6) is 2.13. The highest BCUT2D eigenvalue weighted by molar-refractivity contribution is 5.95. The summed E-state index contributed by atoms with van der Waals surface area (Å²) in [6, 6.07) is 4.07. The smallest absolute Gasteiger partial charge is 0.161 e. The van der Waals surface area contributed by atoms with Crippen molar-refractivity contribution >= 4 is 28.0 Å². The minimum Gasteiger partial charge on any atom is -0.352 e. The summed E-state index contributed by atoms with van der Waals surface area (Å²) in [5.41, 5.74) is 11.9. The van der Waals surface area contributed by atoms with Gasteiger partial charge >= 0.3 is 0 Å². The van der Waals surface area contributed by atoms with Crippen LogP contribution in [0.5, 0.6) is 0 Å². The molecular weight excluding hydrogens is 444 g/mol. The molecule has 5 N–H and O–H groups in total. The van der Waals surface area contributed by atoms with Gasteiger partial charge in [0.05, 0.1) is 29.2 Å². The molecule has 0 atom stereocenters. The molecule has 0 amide bonds. The van der Waals surface area contributed by atoms with Gasteiger partial charge in [0.25, 0.3) is 0 Å². The number of nitrogens with one attached hydrogen (secondary N) is 3. The summed E-state index contributed by atoms with van der Waals surface area (Å²) in [6.45, 7) is 3.50. The van der Waals surface area contributed by atoms with Gasteiger partial charge in [0, 0.05) is 48.8 Å². The number of hydrogen-bond donors (Lipinski definition) is 4. The highest BCUT2D eigenvalue weighted by Gasteiger charge is 2.25. The van der Waals surface area contributed by atoms with Crippen molar-refractivity contribution in [2.75, 3.05) is 18.0 Å². The number of aromatic nitrogens is 10. The molecule has 6 aromatic rings. The highest BCUT2D eigenvalue weighted by Crippen LogP contribution is 2.31. The summed E-state index contributed by atoms with van der Waals surface area (Å²) in [5, 5.41) is 8.30. The van der Waals surface area contributed by atoms with E-state index >= 15 is 0 Å². The van der Waals surface area contributed by atoms with Crippen LogP contribution in [0.25, 0.3) is 56.4 Å². The van der Waals surface area contributed by atoms with Crippen LogP contribution in [0.4, 0.5) is 5.82 Å². The monoisotopic (exact) mass is 464 g/mol. The number of fused-ring (bicyclic) bond motifs is 2. The zero-order valence-electron chi connectivity index (χ0n) is 18.7. The van der Waals surface area contributed by atoms with E-state index in [1.165, 1.54) is 0 Å². The molecule has 12 heteroatoms. The van der Waals surface area contributed by atoms with Crippen LogP contribution < -0.4 is 10.6 Å². The van der Waals surface area contributed by atoms with Gasteiger partial charge < -0.3 is 20.6 Å². The molecule has 7 heterocycles.